The highest BCUT2D eigenvalue weighted by atomic mass is 16.5. The summed E-state index contributed by atoms with van der Waals surface area (Å²) in [7, 11) is 1.61. The normalized spacial score (nSPS) is 10.7. The zero-order valence-electron chi connectivity index (χ0n) is 12.8. The molecular weight excluding hydrogens is 278 g/mol. The lowest BCUT2D eigenvalue weighted by molar-refractivity contribution is 0.102. The number of nitrogens with one attached hydrogen (secondary N) is 1. The van der Waals surface area contributed by atoms with Crippen LogP contribution in [0.3, 0.4) is 0 Å². The van der Waals surface area contributed by atoms with Crippen molar-refractivity contribution in [3.8, 4) is 5.75 Å². The van der Waals surface area contributed by atoms with Crippen molar-refractivity contribution in [2.75, 3.05) is 12.4 Å². The van der Waals surface area contributed by atoms with Crippen LogP contribution >= 0.6 is 0 Å². The number of rotatable bonds is 3. The summed E-state index contributed by atoms with van der Waals surface area (Å²) in [5, 5.41) is 2.89. The molecule has 0 unspecified atom stereocenters. The van der Waals surface area contributed by atoms with Gasteiger partial charge in [-0.05, 0) is 49.7 Å². The molecule has 22 heavy (non-hydrogen) atoms. The van der Waals surface area contributed by atoms with Crippen molar-refractivity contribution < 1.29 is 9.53 Å². The number of nitrogens with zero attached hydrogens (tertiary/aromatic N) is 2. The highest BCUT2D eigenvalue weighted by Crippen LogP contribution is 2.19. The number of carbonyl (C=O) groups is 1. The number of hydrogen-bond donors (Lipinski definition) is 1. The Morgan fingerprint density at radius 3 is 2.59 bits per heavy atom. The quantitative estimate of drug-likeness (QED) is 0.807. The van der Waals surface area contributed by atoms with Gasteiger partial charge in [0.05, 0.1) is 12.8 Å². The predicted octanol–water partition coefficient (Wildman–Crippen LogP) is 3.21. The number of pyridine rings is 1. The summed E-state index contributed by atoms with van der Waals surface area (Å²) >= 11 is 0. The third-order valence-corrected chi connectivity index (χ3v) is 3.58. The molecule has 0 radical (unpaired) electrons. The van der Waals surface area contributed by atoms with Crippen molar-refractivity contribution in [2.24, 2.45) is 0 Å². The maximum atomic E-state index is 12.6. The Balaban J connectivity index is 1.95. The molecule has 3 aromatic rings. The van der Waals surface area contributed by atoms with Gasteiger partial charge in [-0.1, -0.05) is 6.07 Å². The number of benzene rings is 1. The van der Waals surface area contributed by atoms with E-state index in [-0.39, 0.29) is 5.91 Å². The lowest BCUT2D eigenvalue weighted by Crippen LogP contribution is -2.15. The first-order valence-corrected chi connectivity index (χ1v) is 7.00. The second kappa shape index (κ2) is 5.52. The third-order valence-electron chi connectivity index (χ3n) is 3.58. The van der Waals surface area contributed by atoms with E-state index in [4.69, 9.17) is 4.74 Å². The molecule has 0 aliphatic carbocycles. The van der Waals surface area contributed by atoms with Crippen LogP contribution < -0.4 is 10.1 Å². The van der Waals surface area contributed by atoms with Gasteiger partial charge in [0, 0.05) is 11.9 Å². The maximum Gasteiger partial charge on any atom is 0.274 e. The van der Waals surface area contributed by atoms with Gasteiger partial charge >= 0.3 is 0 Å². The molecule has 1 amide bonds. The molecule has 0 atom stereocenters. The number of hydrogen-bond acceptors (Lipinski definition) is 3. The van der Waals surface area contributed by atoms with Crippen LogP contribution in [0.4, 0.5) is 5.69 Å². The van der Waals surface area contributed by atoms with Gasteiger partial charge in [-0.2, -0.15) is 0 Å². The van der Waals surface area contributed by atoms with Gasteiger partial charge in [-0.15, -0.1) is 0 Å². The van der Waals surface area contributed by atoms with Crippen LogP contribution in [0.5, 0.6) is 5.75 Å². The highest BCUT2D eigenvalue weighted by molar-refractivity contribution is 6.04. The zero-order valence-corrected chi connectivity index (χ0v) is 12.8. The summed E-state index contributed by atoms with van der Waals surface area (Å²) in [6.45, 7) is 3.82. The molecule has 2 aromatic heterocycles. The van der Waals surface area contributed by atoms with Gasteiger partial charge in [-0.3, -0.25) is 9.20 Å². The molecular formula is C17H17N3O2. The molecule has 0 saturated carbocycles. The SMILES string of the molecule is COc1ccc(NC(=O)c2c(C)nc3c(C)cccn23)cc1. The summed E-state index contributed by atoms with van der Waals surface area (Å²) < 4.78 is 6.93. The molecule has 5 heteroatoms. The average molecular weight is 295 g/mol. The molecule has 0 fully saturated rings. The van der Waals surface area contributed by atoms with Gasteiger partial charge in [0.2, 0.25) is 0 Å². The number of aromatic nitrogens is 2. The number of ether oxygens (including phenoxy) is 1. The van der Waals surface area contributed by atoms with Crippen molar-refractivity contribution in [3.63, 3.8) is 0 Å². The van der Waals surface area contributed by atoms with Crippen molar-refractivity contribution >= 4 is 17.2 Å². The third kappa shape index (κ3) is 2.41. The Morgan fingerprint density at radius 1 is 1.18 bits per heavy atom. The molecule has 112 valence electrons. The maximum absolute atomic E-state index is 12.6. The predicted molar refractivity (Wildman–Crippen MR) is 85.6 cm³/mol. The average Bonchev–Trinajstić information content (AvgIpc) is 2.86. The Kier molecular flexibility index (Phi) is 3.55. The number of methoxy groups -OCH3 is 1. The fourth-order valence-electron chi connectivity index (χ4n) is 2.46. The van der Waals surface area contributed by atoms with E-state index in [0.29, 0.717) is 17.1 Å². The summed E-state index contributed by atoms with van der Waals surface area (Å²) in [4.78, 5) is 17.1. The molecule has 0 aliphatic rings. The minimum atomic E-state index is -0.180. The number of amides is 1. The smallest absolute Gasteiger partial charge is 0.274 e. The molecule has 0 spiro atoms. The monoisotopic (exact) mass is 295 g/mol. The van der Waals surface area contributed by atoms with Gasteiger partial charge in [0.25, 0.3) is 5.91 Å². The van der Waals surface area contributed by atoms with Crippen LogP contribution in [-0.4, -0.2) is 22.4 Å². The molecule has 5 nitrogen and oxygen atoms in total. The van der Waals surface area contributed by atoms with E-state index in [1.54, 1.807) is 31.4 Å². The Hall–Kier alpha value is -2.82. The lowest BCUT2D eigenvalue weighted by Gasteiger charge is -2.07. The minimum absolute atomic E-state index is 0.180. The summed E-state index contributed by atoms with van der Waals surface area (Å²) in [5.41, 5.74) is 3.82. The largest absolute Gasteiger partial charge is 0.497 e. The number of carbonyl (C=O) groups excluding carboxylic acids is 1. The van der Waals surface area contributed by atoms with E-state index >= 15 is 0 Å². The van der Waals surface area contributed by atoms with Crippen molar-refractivity contribution in [2.45, 2.75) is 13.8 Å². The summed E-state index contributed by atoms with van der Waals surface area (Å²) in [6.07, 6.45) is 1.85. The molecule has 0 saturated heterocycles. The van der Waals surface area contributed by atoms with E-state index in [1.165, 1.54) is 0 Å². The fraction of sp³-hybridized carbons (Fsp3) is 0.176. The van der Waals surface area contributed by atoms with E-state index in [0.717, 1.165) is 17.0 Å². The Labute approximate surface area is 128 Å². The molecule has 1 aromatic carbocycles. The first-order valence-electron chi connectivity index (χ1n) is 7.00. The van der Waals surface area contributed by atoms with E-state index in [1.807, 2.05) is 36.6 Å². The highest BCUT2D eigenvalue weighted by Gasteiger charge is 2.17. The number of anilines is 1. The molecule has 2 heterocycles. The molecule has 0 bridgehead atoms. The van der Waals surface area contributed by atoms with Crippen molar-refractivity contribution in [3.05, 3.63) is 59.5 Å². The molecule has 1 N–H and O–H groups in total. The molecule has 3 rings (SSSR count). The van der Waals surface area contributed by atoms with Gasteiger partial charge in [-0.25, -0.2) is 4.98 Å². The van der Waals surface area contributed by atoms with Crippen LogP contribution in [0.1, 0.15) is 21.7 Å². The first kappa shape index (κ1) is 14.1. The molecule has 0 aliphatic heterocycles. The Bertz CT molecular complexity index is 835. The number of imidazole rings is 1. The van der Waals surface area contributed by atoms with Crippen LogP contribution in [0.15, 0.2) is 42.6 Å². The second-order valence-electron chi connectivity index (χ2n) is 5.11. The standard InChI is InChI=1S/C17H17N3O2/c1-11-5-4-10-20-15(12(2)18-16(11)20)17(21)19-13-6-8-14(22-3)9-7-13/h4-10H,1-3H3,(H,19,21). The second-order valence-corrected chi connectivity index (χ2v) is 5.11. The van der Waals surface area contributed by atoms with Crippen LogP contribution in [0, 0.1) is 13.8 Å². The lowest BCUT2D eigenvalue weighted by atomic mass is 10.2. The zero-order chi connectivity index (χ0) is 15.7. The topological polar surface area (TPSA) is 55.6 Å². The van der Waals surface area contributed by atoms with Crippen LogP contribution in [-0.2, 0) is 0 Å². The van der Waals surface area contributed by atoms with Gasteiger partial charge in [0.15, 0.2) is 0 Å². The Morgan fingerprint density at radius 2 is 1.91 bits per heavy atom. The minimum Gasteiger partial charge on any atom is -0.497 e. The van der Waals surface area contributed by atoms with Crippen molar-refractivity contribution in [1.82, 2.24) is 9.38 Å². The number of fused-ring (bicyclic) bond motifs is 1. The van der Waals surface area contributed by atoms with E-state index in [9.17, 15) is 4.79 Å². The summed E-state index contributed by atoms with van der Waals surface area (Å²) in [6, 6.07) is 11.1. The fourth-order valence-corrected chi connectivity index (χ4v) is 2.46. The van der Waals surface area contributed by atoms with Gasteiger partial charge in [0.1, 0.15) is 17.1 Å². The number of aryl methyl sites for hydroxylation is 2. The van der Waals surface area contributed by atoms with Crippen LogP contribution in [0.25, 0.3) is 5.65 Å². The first-order chi connectivity index (χ1) is 10.6. The van der Waals surface area contributed by atoms with Crippen molar-refractivity contribution in [1.29, 1.82) is 0 Å². The van der Waals surface area contributed by atoms with Gasteiger partial charge < -0.3 is 10.1 Å². The summed E-state index contributed by atoms with van der Waals surface area (Å²) in [5.74, 6) is 0.570. The van der Waals surface area contributed by atoms with E-state index < -0.39 is 0 Å². The van der Waals surface area contributed by atoms with Crippen LogP contribution in [0.2, 0.25) is 0 Å². The van der Waals surface area contributed by atoms with E-state index in [2.05, 4.69) is 10.3 Å².